The lowest BCUT2D eigenvalue weighted by Gasteiger charge is -2.33. The van der Waals surface area contributed by atoms with Gasteiger partial charge in [0.1, 0.15) is 0 Å². The Morgan fingerprint density at radius 2 is 1.80 bits per heavy atom. The lowest BCUT2D eigenvalue weighted by atomic mass is 10.0. The predicted octanol–water partition coefficient (Wildman–Crippen LogP) is 2.72. The van der Waals surface area contributed by atoms with Crippen LogP contribution in [0.1, 0.15) is 37.7 Å². The van der Waals surface area contributed by atoms with E-state index in [-0.39, 0.29) is 5.91 Å². The van der Waals surface area contributed by atoms with E-state index in [1.807, 2.05) is 18.2 Å². The van der Waals surface area contributed by atoms with Gasteiger partial charge in [0.05, 0.1) is 14.2 Å². The highest BCUT2D eigenvalue weighted by atomic mass is 16.5. The summed E-state index contributed by atoms with van der Waals surface area (Å²) in [5.74, 6) is 1.73. The van der Waals surface area contributed by atoms with E-state index < -0.39 is 0 Å². The Morgan fingerprint density at radius 3 is 2.48 bits per heavy atom. The van der Waals surface area contributed by atoms with Gasteiger partial charge in [-0.15, -0.1) is 0 Å². The standard InChI is InChI=1S/C20H30N2O3/c1-21-12-4-6-16(21)17-7-5-13-22(17)20(23)11-9-15-8-10-18(24-2)19(14-15)25-3/h8,10,14,16-17H,4-7,9,11-13H2,1-3H3/t16-,17+/m0/s1. The summed E-state index contributed by atoms with van der Waals surface area (Å²) in [6.07, 6.45) is 6.06. The number of methoxy groups -OCH3 is 2. The van der Waals surface area contributed by atoms with Crippen molar-refractivity contribution in [3.8, 4) is 11.5 Å². The maximum atomic E-state index is 12.8. The van der Waals surface area contributed by atoms with Gasteiger partial charge >= 0.3 is 0 Å². The Labute approximate surface area is 150 Å². The monoisotopic (exact) mass is 346 g/mol. The molecular formula is C20H30N2O3. The molecule has 0 aromatic heterocycles. The molecule has 0 spiro atoms. The van der Waals surface area contributed by atoms with Gasteiger partial charge in [0.25, 0.3) is 0 Å². The van der Waals surface area contributed by atoms with Crippen LogP contribution in [0.15, 0.2) is 18.2 Å². The maximum absolute atomic E-state index is 12.8. The summed E-state index contributed by atoms with van der Waals surface area (Å²) in [4.78, 5) is 17.4. The van der Waals surface area contributed by atoms with Gasteiger partial charge in [0, 0.05) is 25.0 Å². The van der Waals surface area contributed by atoms with Crippen LogP contribution in [-0.4, -0.2) is 62.1 Å². The summed E-state index contributed by atoms with van der Waals surface area (Å²) < 4.78 is 10.6. The molecular weight excluding hydrogens is 316 g/mol. The molecule has 0 radical (unpaired) electrons. The quantitative estimate of drug-likeness (QED) is 0.794. The number of hydrogen-bond donors (Lipinski definition) is 0. The Kier molecular flexibility index (Phi) is 5.84. The molecule has 2 aliphatic rings. The summed E-state index contributed by atoms with van der Waals surface area (Å²) in [5.41, 5.74) is 1.11. The topological polar surface area (TPSA) is 42.0 Å². The zero-order chi connectivity index (χ0) is 17.8. The number of ether oxygens (including phenoxy) is 2. The second kappa shape index (κ2) is 8.09. The highest BCUT2D eigenvalue weighted by molar-refractivity contribution is 5.77. The number of amides is 1. The van der Waals surface area contributed by atoms with Gasteiger partial charge in [-0.25, -0.2) is 0 Å². The largest absolute Gasteiger partial charge is 0.493 e. The molecule has 0 aliphatic carbocycles. The number of nitrogens with zero attached hydrogens (tertiary/aromatic N) is 2. The molecule has 0 N–H and O–H groups in total. The number of aryl methyl sites for hydroxylation is 1. The first kappa shape index (κ1) is 18.1. The number of likely N-dealkylation sites (tertiary alicyclic amines) is 2. The van der Waals surface area contributed by atoms with E-state index >= 15 is 0 Å². The number of rotatable bonds is 6. The highest BCUT2D eigenvalue weighted by Crippen LogP contribution is 2.30. The van der Waals surface area contributed by atoms with Crippen molar-refractivity contribution in [1.29, 1.82) is 0 Å². The van der Waals surface area contributed by atoms with Crippen LogP contribution in [0, 0.1) is 0 Å². The summed E-state index contributed by atoms with van der Waals surface area (Å²) in [7, 11) is 5.47. The molecule has 3 rings (SSSR count). The second-order valence-electron chi connectivity index (χ2n) is 7.18. The fraction of sp³-hybridized carbons (Fsp3) is 0.650. The fourth-order valence-electron chi connectivity index (χ4n) is 4.36. The van der Waals surface area contributed by atoms with Gasteiger partial charge in [0.15, 0.2) is 11.5 Å². The van der Waals surface area contributed by atoms with Crippen LogP contribution < -0.4 is 9.47 Å². The van der Waals surface area contributed by atoms with Crippen molar-refractivity contribution in [3.63, 3.8) is 0 Å². The summed E-state index contributed by atoms with van der Waals surface area (Å²) >= 11 is 0. The van der Waals surface area contributed by atoms with E-state index in [1.165, 1.54) is 12.8 Å². The fourth-order valence-corrected chi connectivity index (χ4v) is 4.36. The molecule has 1 aromatic carbocycles. The minimum Gasteiger partial charge on any atom is -0.493 e. The number of carbonyl (C=O) groups is 1. The van der Waals surface area contributed by atoms with Crippen LogP contribution >= 0.6 is 0 Å². The molecule has 2 saturated heterocycles. The van der Waals surface area contributed by atoms with Gasteiger partial charge in [-0.1, -0.05) is 6.07 Å². The third-order valence-corrected chi connectivity index (χ3v) is 5.72. The van der Waals surface area contributed by atoms with E-state index in [1.54, 1.807) is 14.2 Å². The molecule has 5 heteroatoms. The number of likely N-dealkylation sites (N-methyl/N-ethyl adjacent to an activating group) is 1. The van der Waals surface area contributed by atoms with Gasteiger partial charge in [-0.05, 0) is 63.4 Å². The van der Waals surface area contributed by atoms with Crippen molar-refractivity contribution in [2.24, 2.45) is 0 Å². The van der Waals surface area contributed by atoms with E-state index in [0.29, 0.717) is 18.5 Å². The van der Waals surface area contributed by atoms with Crippen molar-refractivity contribution in [1.82, 2.24) is 9.80 Å². The average Bonchev–Trinajstić information content (AvgIpc) is 3.27. The summed E-state index contributed by atoms with van der Waals surface area (Å²) in [5, 5.41) is 0. The second-order valence-corrected chi connectivity index (χ2v) is 7.18. The van der Waals surface area contributed by atoms with E-state index in [2.05, 4.69) is 16.8 Å². The van der Waals surface area contributed by atoms with Crippen LogP contribution in [0.5, 0.6) is 11.5 Å². The van der Waals surface area contributed by atoms with Crippen LogP contribution in [0.2, 0.25) is 0 Å². The van der Waals surface area contributed by atoms with Crippen molar-refractivity contribution in [2.75, 3.05) is 34.4 Å². The van der Waals surface area contributed by atoms with Crippen LogP contribution in [0.3, 0.4) is 0 Å². The number of benzene rings is 1. The lowest BCUT2D eigenvalue weighted by molar-refractivity contribution is -0.132. The number of hydrogen-bond acceptors (Lipinski definition) is 4. The third-order valence-electron chi connectivity index (χ3n) is 5.72. The van der Waals surface area contributed by atoms with Gasteiger partial charge in [-0.2, -0.15) is 0 Å². The minimum atomic E-state index is 0.289. The van der Waals surface area contributed by atoms with E-state index in [0.717, 1.165) is 49.4 Å². The average molecular weight is 346 g/mol. The molecule has 2 atom stereocenters. The molecule has 2 fully saturated rings. The zero-order valence-corrected chi connectivity index (χ0v) is 15.7. The Bertz CT molecular complexity index is 605. The first-order valence-electron chi connectivity index (χ1n) is 9.34. The Morgan fingerprint density at radius 1 is 1.08 bits per heavy atom. The first-order chi connectivity index (χ1) is 12.1. The summed E-state index contributed by atoms with van der Waals surface area (Å²) in [6.45, 7) is 2.08. The van der Waals surface area contributed by atoms with E-state index in [4.69, 9.17) is 9.47 Å². The van der Waals surface area contributed by atoms with Crippen LogP contribution in [0.4, 0.5) is 0 Å². The third kappa shape index (κ3) is 3.92. The van der Waals surface area contributed by atoms with Crippen molar-refractivity contribution in [3.05, 3.63) is 23.8 Å². The summed E-state index contributed by atoms with van der Waals surface area (Å²) in [6, 6.07) is 6.85. The molecule has 2 heterocycles. The molecule has 25 heavy (non-hydrogen) atoms. The minimum absolute atomic E-state index is 0.289. The van der Waals surface area contributed by atoms with Crippen molar-refractivity contribution >= 4 is 5.91 Å². The SMILES string of the molecule is COc1ccc(CCC(=O)N2CCC[C@@H]2[C@@H]2CCCN2C)cc1OC. The van der Waals surface area contributed by atoms with Gasteiger partial charge in [0.2, 0.25) is 5.91 Å². The Hall–Kier alpha value is -1.75. The number of carbonyl (C=O) groups excluding carboxylic acids is 1. The van der Waals surface area contributed by atoms with Gasteiger partial charge in [-0.3, -0.25) is 4.79 Å². The molecule has 5 nitrogen and oxygen atoms in total. The lowest BCUT2D eigenvalue weighted by Crippen LogP contribution is -2.47. The first-order valence-corrected chi connectivity index (χ1v) is 9.34. The molecule has 0 bridgehead atoms. The highest BCUT2D eigenvalue weighted by Gasteiger charge is 2.37. The molecule has 1 amide bonds. The Balaban J connectivity index is 1.60. The van der Waals surface area contributed by atoms with Crippen molar-refractivity contribution < 1.29 is 14.3 Å². The smallest absolute Gasteiger partial charge is 0.223 e. The zero-order valence-electron chi connectivity index (χ0n) is 15.7. The van der Waals surface area contributed by atoms with Gasteiger partial charge < -0.3 is 19.3 Å². The van der Waals surface area contributed by atoms with Crippen LogP contribution in [0.25, 0.3) is 0 Å². The predicted molar refractivity (Wildman–Crippen MR) is 98.3 cm³/mol. The molecule has 138 valence electrons. The molecule has 2 aliphatic heterocycles. The van der Waals surface area contributed by atoms with Crippen molar-refractivity contribution in [2.45, 2.75) is 50.6 Å². The normalized spacial score (nSPS) is 23.9. The molecule has 1 aromatic rings. The molecule has 0 unspecified atom stereocenters. The van der Waals surface area contributed by atoms with Crippen LogP contribution in [-0.2, 0) is 11.2 Å². The molecule has 0 saturated carbocycles. The maximum Gasteiger partial charge on any atom is 0.223 e. The van der Waals surface area contributed by atoms with E-state index in [9.17, 15) is 4.79 Å².